The standard InChI is InChI=1S/C23H28NSi.C20H22NSi.C13H24O2.Ir/c1-16-12-18(14-19(13-16)23(2,3)4)22-21-9-8-20(25(5,6)7)15-17(21)10-11-24-22;1-14-10-15(2)12-17(11-14)20-19-7-6-18(22(3,4)5)13-16(19)8-9-21-20;1-5-10(6-2)12(14)9-13(15)11(7-3)8-4;/h8-11,13-15H,1-7H3;6-11,13H,1-5H3;9-11,14H,5-8H2,1-4H3;/q2*-1;;/b;;12-9-;/i;9D;;. The van der Waals surface area contributed by atoms with E-state index >= 15 is 0 Å². The second kappa shape index (κ2) is 22.8. The maximum atomic E-state index is 11.7. The maximum absolute atomic E-state index is 11.7. The van der Waals surface area contributed by atoms with Crippen molar-refractivity contribution in [3.05, 3.63) is 131 Å². The van der Waals surface area contributed by atoms with Crippen LogP contribution in [-0.2, 0) is 30.3 Å². The number of fused-ring (bicyclic) bond motifs is 2. The average molecular weight is 1060 g/mol. The van der Waals surface area contributed by atoms with E-state index in [4.69, 9.17) is 6.35 Å². The summed E-state index contributed by atoms with van der Waals surface area (Å²) in [4.78, 5) is 20.9. The molecule has 2 heterocycles. The summed E-state index contributed by atoms with van der Waals surface area (Å²) in [7, 11) is -2.69. The third kappa shape index (κ3) is 14.5. The van der Waals surface area contributed by atoms with E-state index in [0.717, 1.165) is 64.5 Å². The van der Waals surface area contributed by atoms with E-state index in [1.54, 1.807) is 0 Å². The minimum absolute atomic E-state index is 0. The summed E-state index contributed by atoms with van der Waals surface area (Å²) < 4.78 is 8.09. The number of hydrogen-bond donors (Lipinski definition) is 1. The number of aliphatic hydroxyl groups is 1. The van der Waals surface area contributed by atoms with Gasteiger partial charge >= 0.3 is 0 Å². The second-order valence-electron chi connectivity index (χ2n) is 20.1. The third-order valence-corrected chi connectivity index (χ3v) is 15.9. The third-order valence-electron chi connectivity index (χ3n) is 11.8. The predicted octanol–water partition coefficient (Wildman–Crippen LogP) is 14.6. The van der Waals surface area contributed by atoms with Gasteiger partial charge in [0.1, 0.15) is 0 Å². The van der Waals surface area contributed by atoms with Gasteiger partial charge in [0.25, 0.3) is 0 Å². The molecule has 6 rings (SSSR count). The van der Waals surface area contributed by atoms with Crippen molar-refractivity contribution in [2.75, 3.05) is 0 Å². The van der Waals surface area contributed by atoms with Gasteiger partial charge in [-0.25, -0.2) is 0 Å². The predicted molar refractivity (Wildman–Crippen MR) is 275 cm³/mol. The number of aliphatic hydroxyl groups excluding tert-OH is 1. The van der Waals surface area contributed by atoms with Crippen molar-refractivity contribution in [3.63, 3.8) is 0 Å². The van der Waals surface area contributed by atoms with Gasteiger partial charge in [-0.1, -0.05) is 155 Å². The van der Waals surface area contributed by atoms with E-state index in [-0.39, 0.29) is 48.9 Å². The summed E-state index contributed by atoms with van der Waals surface area (Å²) >= 11 is 0. The zero-order valence-electron chi connectivity index (χ0n) is 42.1. The van der Waals surface area contributed by atoms with Crippen LogP contribution in [0, 0.1) is 44.7 Å². The summed E-state index contributed by atoms with van der Waals surface area (Å²) in [6.45, 7) is 35.3. The first-order valence-corrected chi connectivity index (χ1v) is 29.7. The molecule has 0 bridgehead atoms. The van der Waals surface area contributed by atoms with E-state index in [9.17, 15) is 9.90 Å². The number of aromatic nitrogens is 2. The van der Waals surface area contributed by atoms with E-state index < -0.39 is 16.1 Å². The molecule has 7 heteroatoms. The van der Waals surface area contributed by atoms with Gasteiger partial charge in [-0.15, -0.1) is 69.8 Å². The van der Waals surface area contributed by atoms with Crippen molar-refractivity contribution >= 4 is 53.8 Å². The first kappa shape index (κ1) is 51.6. The van der Waals surface area contributed by atoms with Gasteiger partial charge in [0, 0.05) is 50.4 Å². The van der Waals surface area contributed by atoms with Crippen molar-refractivity contribution < 1.29 is 31.4 Å². The maximum Gasteiger partial charge on any atom is 0.162 e. The molecule has 0 unspecified atom stereocenters. The van der Waals surface area contributed by atoms with Crippen molar-refractivity contribution in [2.45, 2.75) is 140 Å². The van der Waals surface area contributed by atoms with E-state index in [1.165, 1.54) is 43.9 Å². The summed E-state index contributed by atoms with van der Waals surface area (Å²) in [5.74, 6) is 0.547. The number of hydrogen-bond acceptors (Lipinski definition) is 4. The number of carbonyl (C=O) groups is 1. The van der Waals surface area contributed by atoms with Crippen LogP contribution >= 0.6 is 0 Å². The van der Waals surface area contributed by atoms with Gasteiger partial charge in [0.05, 0.1) is 23.3 Å². The number of pyridine rings is 2. The Morgan fingerprint density at radius 2 is 1.16 bits per heavy atom. The van der Waals surface area contributed by atoms with Gasteiger partial charge in [-0.05, 0) is 76.2 Å². The fraction of sp³-hybridized carbons (Fsp3) is 0.411. The van der Waals surface area contributed by atoms with Crippen LogP contribution in [0.5, 0.6) is 0 Å². The molecule has 63 heavy (non-hydrogen) atoms. The van der Waals surface area contributed by atoms with Crippen LogP contribution in [0.15, 0.2) is 97.0 Å². The summed E-state index contributed by atoms with van der Waals surface area (Å²) in [5, 5.41) is 17.3. The molecule has 0 amide bonds. The molecule has 4 aromatic carbocycles. The smallest absolute Gasteiger partial charge is 0.162 e. The van der Waals surface area contributed by atoms with E-state index in [2.05, 4.69) is 158 Å². The Hall–Kier alpha value is -4.01. The normalized spacial score (nSPS) is 12.3. The monoisotopic (exact) mass is 1060 g/mol. The molecule has 339 valence electrons. The number of nitrogens with zero attached hydrogens (tertiary/aromatic N) is 2. The van der Waals surface area contributed by atoms with Crippen molar-refractivity contribution in [1.82, 2.24) is 9.97 Å². The molecule has 0 aliphatic carbocycles. The number of benzene rings is 4. The minimum Gasteiger partial charge on any atom is -0.512 e. The molecular weight excluding hydrogens is 981 g/mol. The number of allylic oxidation sites excluding steroid dienone is 2. The molecule has 0 spiro atoms. The molecule has 1 radical (unpaired) electrons. The SMILES string of the molecule is CCC(CC)C(=O)/C=C(\O)C(CC)CC.Cc1[c-]c(-c2nccc3cc([Si](C)(C)C)ccc23)cc(C(C)(C)C)c1.[2H]c1cc2cc([Si](C)(C)C)ccc2c(-c2[c-]c(C)cc(C)c2)n1.[Ir]. The number of carbonyl (C=O) groups excluding carboxylic acids is 1. The Kier molecular flexibility index (Phi) is 18.6. The first-order chi connectivity index (χ1) is 29.4. The van der Waals surface area contributed by atoms with Crippen molar-refractivity contribution in [3.8, 4) is 22.5 Å². The van der Waals surface area contributed by atoms with Crippen molar-refractivity contribution in [2.24, 2.45) is 11.8 Å². The molecule has 1 N–H and O–H groups in total. The van der Waals surface area contributed by atoms with Crippen LogP contribution in [0.2, 0.25) is 39.3 Å². The Bertz CT molecular complexity index is 2540. The molecule has 0 fully saturated rings. The quantitative estimate of drug-likeness (QED) is 0.0608. The first-order valence-electron chi connectivity index (χ1n) is 23.2. The fourth-order valence-electron chi connectivity index (χ4n) is 7.73. The Morgan fingerprint density at radius 3 is 1.63 bits per heavy atom. The van der Waals surface area contributed by atoms with Gasteiger partial charge in [-0.2, -0.15) is 0 Å². The van der Waals surface area contributed by atoms with Crippen LogP contribution in [0.25, 0.3) is 44.1 Å². The van der Waals surface area contributed by atoms with Gasteiger partial charge in [0.15, 0.2) is 5.78 Å². The van der Waals surface area contributed by atoms with Crippen LogP contribution in [0.1, 0.15) is 97.8 Å². The molecule has 6 aromatic rings. The molecule has 0 aliphatic rings. The van der Waals surface area contributed by atoms with Gasteiger partial charge in [0.2, 0.25) is 0 Å². The molecule has 4 nitrogen and oxygen atoms in total. The largest absolute Gasteiger partial charge is 0.512 e. The number of aryl methyl sites for hydroxylation is 3. The Morgan fingerprint density at radius 1 is 0.683 bits per heavy atom. The van der Waals surface area contributed by atoms with Crippen LogP contribution in [0.4, 0.5) is 0 Å². The van der Waals surface area contributed by atoms with Gasteiger partial charge < -0.3 is 15.1 Å². The molecule has 0 saturated heterocycles. The average Bonchev–Trinajstić information content (AvgIpc) is 3.19. The molecule has 2 aromatic heterocycles. The van der Waals surface area contributed by atoms with Crippen LogP contribution in [0.3, 0.4) is 0 Å². The molecular formula is C56H74IrN2O2Si2-2. The van der Waals surface area contributed by atoms with Crippen LogP contribution in [-0.4, -0.2) is 37.0 Å². The minimum atomic E-state index is -1.37. The zero-order valence-corrected chi connectivity index (χ0v) is 45.5. The number of rotatable bonds is 11. The Balaban J connectivity index is 0.000000262. The summed E-state index contributed by atoms with van der Waals surface area (Å²) in [6.07, 6.45) is 7.15. The van der Waals surface area contributed by atoms with Gasteiger partial charge in [-0.3, -0.25) is 4.79 Å². The fourth-order valence-corrected chi connectivity index (χ4v) is 10.1. The molecule has 0 saturated carbocycles. The van der Waals surface area contributed by atoms with Crippen LogP contribution < -0.4 is 10.4 Å². The summed E-state index contributed by atoms with van der Waals surface area (Å²) in [5.41, 5.74) is 8.87. The molecule has 0 aliphatic heterocycles. The van der Waals surface area contributed by atoms with Crippen molar-refractivity contribution in [1.29, 1.82) is 0 Å². The number of ketones is 1. The second-order valence-corrected chi connectivity index (χ2v) is 30.3. The molecule has 0 atom stereocenters. The van der Waals surface area contributed by atoms with E-state index in [0.29, 0.717) is 6.17 Å². The van der Waals surface area contributed by atoms with E-state index in [1.807, 2.05) is 46.9 Å². The Labute approximate surface area is 398 Å². The zero-order chi connectivity index (χ0) is 47.0. The summed E-state index contributed by atoms with van der Waals surface area (Å²) in [6, 6.07) is 33.1. The topological polar surface area (TPSA) is 63.1 Å².